The first-order chi connectivity index (χ1) is 18.4. The van der Waals surface area contributed by atoms with Gasteiger partial charge < -0.3 is 10.1 Å². The molecule has 0 radical (unpaired) electrons. The molecule has 0 saturated carbocycles. The molecule has 10 heteroatoms. The summed E-state index contributed by atoms with van der Waals surface area (Å²) in [4.78, 5) is 40.8. The molecule has 8 nitrogen and oxygen atoms in total. The lowest BCUT2D eigenvalue weighted by Gasteiger charge is -2.24. The lowest BCUT2D eigenvalue weighted by molar-refractivity contribution is -0.131. The SMILES string of the molecule is CCCOc1ccc(NC(=O)CC2C(=O)N(Cc3ccccc3)C(=S)N2NC(=O)c2ccc(Cl)cc2)cc1. The highest BCUT2D eigenvalue weighted by atomic mass is 35.5. The number of anilines is 1. The maximum atomic E-state index is 13.5. The Morgan fingerprint density at radius 2 is 1.68 bits per heavy atom. The van der Waals surface area contributed by atoms with Gasteiger partial charge in [-0.15, -0.1) is 0 Å². The Bertz CT molecular complexity index is 1300. The van der Waals surface area contributed by atoms with Crippen LogP contribution in [0, 0.1) is 0 Å². The van der Waals surface area contributed by atoms with E-state index in [9.17, 15) is 14.4 Å². The van der Waals surface area contributed by atoms with Gasteiger partial charge in [-0.25, -0.2) is 5.01 Å². The number of carbonyl (C=O) groups excluding carboxylic acids is 3. The van der Waals surface area contributed by atoms with Gasteiger partial charge in [-0.3, -0.25) is 24.7 Å². The molecule has 1 unspecified atom stereocenters. The number of hydrazine groups is 1. The number of thiocarbonyl (C=S) groups is 1. The van der Waals surface area contributed by atoms with Gasteiger partial charge in [-0.2, -0.15) is 0 Å². The van der Waals surface area contributed by atoms with Gasteiger partial charge in [0.05, 0.1) is 19.6 Å². The molecule has 3 amide bonds. The molecule has 1 fully saturated rings. The number of nitrogens with one attached hydrogen (secondary N) is 2. The minimum absolute atomic E-state index is 0.108. The van der Waals surface area contributed by atoms with Gasteiger partial charge >= 0.3 is 0 Å². The van der Waals surface area contributed by atoms with E-state index in [2.05, 4.69) is 10.7 Å². The normalized spacial score (nSPS) is 14.9. The number of hydrogen-bond acceptors (Lipinski definition) is 5. The van der Waals surface area contributed by atoms with Gasteiger partial charge in [0.15, 0.2) is 5.11 Å². The Kier molecular flexibility index (Phi) is 8.93. The van der Waals surface area contributed by atoms with Gasteiger partial charge in [-0.05, 0) is 72.7 Å². The van der Waals surface area contributed by atoms with Crippen molar-refractivity contribution in [2.45, 2.75) is 32.4 Å². The minimum Gasteiger partial charge on any atom is -0.494 e. The van der Waals surface area contributed by atoms with Crippen molar-refractivity contribution in [3.63, 3.8) is 0 Å². The summed E-state index contributed by atoms with van der Waals surface area (Å²) in [5.41, 5.74) is 4.46. The molecule has 3 aromatic rings. The smallest absolute Gasteiger partial charge is 0.269 e. The van der Waals surface area contributed by atoms with Crippen molar-refractivity contribution in [2.24, 2.45) is 0 Å². The van der Waals surface area contributed by atoms with E-state index >= 15 is 0 Å². The number of benzene rings is 3. The molecule has 2 N–H and O–H groups in total. The van der Waals surface area contributed by atoms with Gasteiger partial charge in [0.1, 0.15) is 11.8 Å². The molecular formula is C28H27ClN4O4S. The van der Waals surface area contributed by atoms with E-state index in [0.29, 0.717) is 28.6 Å². The molecular weight excluding hydrogens is 524 g/mol. The van der Waals surface area contributed by atoms with E-state index in [4.69, 9.17) is 28.6 Å². The number of halogens is 1. The van der Waals surface area contributed by atoms with Crippen LogP contribution in [-0.2, 0) is 16.1 Å². The van der Waals surface area contributed by atoms with E-state index in [1.165, 1.54) is 9.91 Å². The monoisotopic (exact) mass is 550 g/mol. The van der Waals surface area contributed by atoms with Crippen LogP contribution < -0.4 is 15.5 Å². The average Bonchev–Trinajstić information content (AvgIpc) is 3.13. The summed E-state index contributed by atoms with van der Waals surface area (Å²) < 4.78 is 5.57. The third-order valence-corrected chi connectivity index (χ3v) is 6.47. The molecule has 0 aliphatic carbocycles. The number of nitrogens with zero attached hydrogens (tertiary/aromatic N) is 2. The molecule has 1 aliphatic heterocycles. The molecule has 0 bridgehead atoms. The predicted octanol–water partition coefficient (Wildman–Crippen LogP) is 4.80. The van der Waals surface area contributed by atoms with Crippen LogP contribution in [0.3, 0.4) is 0 Å². The van der Waals surface area contributed by atoms with Crippen LogP contribution in [0.5, 0.6) is 5.75 Å². The zero-order valence-corrected chi connectivity index (χ0v) is 22.3. The Hall–Kier alpha value is -3.95. The third-order valence-electron chi connectivity index (χ3n) is 5.80. The van der Waals surface area contributed by atoms with Crippen LogP contribution >= 0.6 is 23.8 Å². The van der Waals surface area contributed by atoms with E-state index in [-0.39, 0.29) is 24.0 Å². The molecule has 0 spiro atoms. The zero-order valence-electron chi connectivity index (χ0n) is 20.7. The second-order valence-electron chi connectivity index (χ2n) is 8.65. The summed E-state index contributed by atoms with van der Waals surface area (Å²) in [5.74, 6) is -0.560. The Balaban J connectivity index is 1.50. The Morgan fingerprint density at radius 1 is 1.00 bits per heavy atom. The average molecular weight is 551 g/mol. The number of amides is 3. The summed E-state index contributed by atoms with van der Waals surface area (Å²) in [5, 5.41) is 4.69. The maximum absolute atomic E-state index is 13.5. The maximum Gasteiger partial charge on any atom is 0.269 e. The first-order valence-corrected chi connectivity index (χ1v) is 12.9. The van der Waals surface area contributed by atoms with E-state index in [1.807, 2.05) is 37.3 Å². The number of carbonyl (C=O) groups is 3. The van der Waals surface area contributed by atoms with Crippen molar-refractivity contribution in [3.8, 4) is 5.75 Å². The third kappa shape index (κ3) is 6.67. The second kappa shape index (κ2) is 12.5. The highest BCUT2D eigenvalue weighted by Crippen LogP contribution is 2.23. The van der Waals surface area contributed by atoms with Crippen molar-refractivity contribution in [3.05, 3.63) is 95.0 Å². The number of ether oxygens (including phenoxy) is 1. The largest absolute Gasteiger partial charge is 0.494 e. The topological polar surface area (TPSA) is 91.0 Å². The van der Waals surface area contributed by atoms with E-state index < -0.39 is 17.9 Å². The molecule has 38 heavy (non-hydrogen) atoms. The molecule has 1 aliphatic rings. The van der Waals surface area contributed by atoms with Crippen LogP contribution in [0.15, 0.2) is 78.9 Å². The van der Waals surface area contributed by atoms with Crippen LogP contribution in [-0.4, -0.2) is 45.4 Å². The van der Waals surface area contributed by atoms with Crippen molar-refractivity contribution in [2.75, 3.05) is 11.9 Å². The molecule has 3 aromatic carbocycles. The highest BCUT2D eigenvalue weighted by molar-refractivity contribution is 7.80. The predicted molar refractivity (Wildman–Crippen MR) is 150 cm³/mol. The summed E-state index contributed by atoms with van der Waals surface area (Å²) in [7, 11) is 0. The van der Waals surface area contributed by atoms with E-state index in [0.717, 1.165) is 12.0 Å². The molecule has 1 heterocycles. The van der Waals surface area contributed by atoms with Crippen molar-refractivity contribution >= 4 is 52.3 Å². The van der Waals surface area contributed by atoms with Gasteiger partial charge in [0.2, 0.25) is 5.91 Å². The van der Waals surface area contributed by atoms with Crippen LogP contribution in [0.2, 0.25) is 5.02 Å². The lowest BCUT2D eigenvalue weighted by Crippen LogP contribution is -2.49. The van der Waals surface area contributed by atoms with Crippen molar-refractivity contribution in [1.82, 2.24) is 15.3 Å². The molecule has 196 valence electrons. The van der Waals surface area contributed by atoms with Crippen molar-refractivity contribution < 1.29 is 19.1 Å². The number of hydrogen-bond donors (Lipinski definition) is 2. The number of rotatable bonds is 10. The Morgan fingerprint density at radius 3 is 2.34 bits per heavy atom. The highest BCUT2D eigenvalue weighted by Gasteiger charge is 2.44. The molecule has 1 saturated heterocycles. The fourth-order valence-corrected chi connectivity index (χ4v) is 4.33. The molecule has 1 atom stereocenters. The first-order valence-electron chi connectivity index (χ1n) is 12.1. The minimum atomic E-state index is -1.02. The second-order valence-corrected chi connectivity index (χ2v) is 9.45. The van der Waals surface area contributed by atoms with Gasteiger partial charge in [0.25, 0.3) is 11.8 Å². The van der Waals surface area contributed by atoms with Crippen LogP contribution in [0.1, 0.15) is 35.7 Å². The summed E-state index contributed by atoms with van der Waals surface area (Å²) >= 11 is 11.5. The summed E-state index contributed by atoms with van der Waals surface area (Å²) in [6, 6.07) is 21.6. The van der Waals surface area contributed by atoms with Gasteiger partial charge in [0, 0.05) is 16.3 Å². The summed E-state index contributed by atoms with van der Waals surface area (Å²) in [6.07, 6.45) is 0.668. The van der Waals surface area contributed by atoms with Crippen LogP contribution in [0.25, 0.3) is 0 Å². The van der Waals surface area contributed by atoms with Crippen molar-refractivity contribution in [1.29, 1.82) is 0 Å². The van der Waals surface area contributed by atoms with Crippen LogP contribution in [0.4, 0.5) is 5.69 Å². The standard InChI is InChI=1S/C28H27ClN4O4S/c1-2-16-37-23-14-12-22(13-15-23)30-25(34)17-24-27(36)32(18-19-6-4-3-5-7-19)28(38)33(24)31-26(35)20-8-10-21(29)11-9-20/h3-15,24H,2,16-18H2,1H3,(H,30,34)(H,31,35). The van der Waals surface area contributed by atoms with E-state index in [1.54, 1.807) is 48.5 Å². The fraction of sp³-hybridized carbons (Fsp3) is 0.214. The molecule has 4 rings (SSSR count). The summed E-state index contributed by atoms with van der Waals surface area (Å²) in [6.45, 7) is 2.84. The quantitative estimate of drug-likeness (QED) is 0.352. The fourth-order valence-electron chi connectivity index (χ4n) is 3.88. The Labute approximate surface area is 231 Å². The lowest BCUT2D eigenvalue weighted by atomic mass is 10.1. The first kappa shape index (κ1) is 27.1. The van der Waals surface area contributed by atoms with Gasteiger partial charge in [-0.1, -0.05) is 48.9 Å². The zero-order chi connectivity index (χ0) is 27.1. The molecule has 0 aromatic heterocycles.